The van der Waals surface area contributed by atoms with Crippen molar-refractivity contribution in [2.75, 3.05) is 21.2 Å². The Morgan fingerprint density at radius 1 is 1.50 bits per heavy atom. The SMILES string of the molecule is COC(=O)N(C)C.N. The molecule has 0 fully saturated rings. The summed E-state index contributed by atoms with van der Waals surface area (Å²) < 4.78 is 4.30. The molecule has 4 heteroatoms. The smallest absolute Gasteiger partial charge is 0.408 e. The molecule has 8 heavy (non-hydrogen) atoms. The lowest BCUT2D eigenvalue weighted by molar-refractivity contribution is 0.141. The van der Waals surface area contributed by atoms with Crippen molar-refractivity contribution in [2.24, 2.45) is 0 Å². The van der Waals surface area contributed by atoms with Crippen LogP contribution >= 0.6 is 0 Å². The van der Waals surface area contributed by atoms with Gasteiger partial charge >= 0.3 is 6.09 Å². The van der Waals surface area contributed by atoms with Gasteiger partial charge in [0, 0.05) is 14.1 Å². The lowest BCUT2D eigenvalue weighted by Crippen LogP contribution is -2.20. The van der Waals surface area contributed by atoms with Crippen LogP contribution in [0.3, 0.4) is 0 Å². The number of carbonyl (C=O) groups excluding carboxylic acids is 1. The molecule has 0 heterocycles. The first-order valence-corrected chi connectivity index (χ1v) is 1.93. The topological polar surface area (TPSA) is 64.5 Å². The number of methoxy groups -OCH3 is 1. The molecule has 0 spiro atoms. The van der Waals surface area contributed by atoms with Gasteiger partial charge in [-0.1, -0.05) is 0 Å². The van der Waals surface area contributed by atoms with Gasteiger partial charge in [-0.3, -0.25) is 0 Å². The average molecular weight is 120 g/mol. The zero-order chi connectivity index (χ0) is 5.86. The van der Waals surface area contributed by atoms with Crippen LogP contribution in [0.15, 0.2) is 0 Å². The molecule has 0 saturated heterocycles. The molecule has 4 nitrogen and oxygen atoms in total. The zero-order valence-electron chi connectivity index (χ0n) is 5.47. The summed E-state index contributed by atoms with van der Waals surface area (Å²) in [5.74, 6) is 0. The number of amides is 1. The first-order valence-electron chi connectivity index (χ1n) is 1.93. The summed E-state index contributed by atoms with van der Waals surface area (Å²) in [5, 5.41) is 0. The Labute approximate surface area is 49.0 Å². The molecule has 0 aromatic carbocycles. The molecule has 0 saturated carbocycles. The van der Waals surface area contributed by atoms with Crippen molar-refractivity contribution < 1.29 is 9.53 Å². The van der Waals surface area contributed by atoms with E-state index in [1.54, 1.807) is 14.1 Å². The molecular formula is C4H12N2O2. The van der Waals surface area contributed by atoms with Crippen molar-refractivity contribution in [1.82, 2.24) is 11.1 Å². The Kier molecular flexibility index (Phi) is 5.63. The van der Waals surface area contributed by atoms with Gasteiger partial charge in [-0.05, 0) is 0 Å². The molecule has 0 aromatic rings. The summed E-state index contributed by atoms with van der Waals surface area (Å²) in [7, 11) is 4.61. The van der Waals surface area contributed by atoms with Crippen LogP contribution in [0.2, 0.25) is 0 Å². The van der Waals surface area contributed by atoms with Gasteiger partial charge in [-0.15, -0.1) is 0 Å². The fraction of sp³-hybridized carbons (Fsp3) is 0.750. The van der Waals surface area contributed by atoms with Gasteiger partial charge in [-0.2, -0.15) is 0 Å². The largest absolute Gasteiger partial charge is 0.453 e. The van der Waals surface area contributed by atoms with E-state index in [9.17, 15) is 4.79 Å². The van der Waals surface area contributed by atoms with Crippen molar-refractivity contribution in [3.05, 3.63) is 0 Å². The minimum Gasteiger partial charge on any atom is -0.453 e. The third kappa shape index (κ3) is 3.42. The van der Waals surface area contributed by atoms with Crippen LogP contribution in [0.1, 0.15) is 0 Å². The molecular weight excluding hydrogens is 108 g/mol. The predicted octanol–water partition coefficient (Wildman–Crippen LogP) is 0.476. The minimum atomic E-state index is -0.319. The molecule has 0 aliphatic carbocycles. The van der Waals surface area contributed by atoms with Gasteiger partial charge in [0.1, 0.15) is 0 Å². The van der Waals surface area contributed by atoms with Gasteiger partial charge in [0.2, 0.25) is 0 Å². The standard InChI is InChI=1S/C4H9NO2.H3N/c1-5(2)4(6)7-3;/h1-3H3;1H3. The first kappa shape index (κ1) is 10.3. The van der Waals surface area contributed by atoms with Crippen molar-refractivity contribution in [3.8, 4) is 0 Å². The maximum atomic E-state index is 10.2. The van der Waals surface area contributed by atoms with Crippen LogP contribution in [-0.2, 0) is 4.74 Å². The Morgan fingerprint density at radius 3 is 1.88 bits per heavy atom. The lowest BCUT2D eigenvalue weighted by atomic mass is 10.9. The average Bonchev–Trinajstić information content (AvgIpc) is 1.65. The molecule has 0 atom stereocenters. The van der Waals surface area contributed by atoms with E-state index in [4.69, 9.17) is 0 Å². The summed E-state index contributed by atoms with van der Waals surface area (Å²) in [5.41, 5.74) is 0. The third-order valence-electron chi connectivity index (χ3n) is 0.540. The van der Waals surface area contributed by atoms with E-state index >= 15 is 0 Å². The summed E-state index contributed by atoms with van der Waals surface area (Å²) in [6, 6.07) is 0. The van der Waals surface area contributed by atoms with Gasteiger partial charge in [0.25, 0.3) is 0 Å². The van der Waals surface area contributed by atoms with Crippen LogP contribution in [0, 0.1) is 0 Å². The first-order chi connectivity index (χ1) is 3.18. The van der Waals surface area contributed by atoms with Gasteiger partial charge in [-0.25, -0.2) is 4.79 Å². The lowest BCUT2D eigenvalue weighted by Gasteiger charge is -2.05. The molecule has 0 radical (unpaired) electrons. The second-order valence-electron chi connectivity index (χ2n) is 1.36. The summed E-state index contributed by atoms with van der Waals surface area (Å²) in [6.45, 7) is 0. The number of carbonyl (C=O) groups is 1. The Bertz CT molecular complexity index is 72.4. The number of hydrogen-bond donors (Lipinski definition) is 1. The van der Waals surface area contributed by atoms with E-state index in [0.717, 1.165) is 0 Å². The van der Waals surface area contributed by atoms with Gasteiger partial charge in [0.15, 0.2) is 0 Å². The van der Waals surface area contributed by atoms with Crippen molar-refractivity contribution >= 4 is 6.09 Å². The highest BCUT2D eigenvalue weighted by Crippen LogP contribution is 1.78. The zero-order valence-corrected chi connectivity index (χ0v) is 5.47. The molecule has 3 N–H and O–H groups in total. The van der Waals surface area contributed by atoms with Gasteiger partial charge < -0.3 is 15.8 Å². The van der Waals surface area contributed by atoms with Crippen LogP contribution in [0.25, 0.3) is 0 Å². The molecule has 0 aliphatic rings. The van der Waals surface area contributed by atoms with Crippen LogP contribution in [-0.4, -0.2) is 32.2 Å². The van der Waals surface area contributed by atoms with Crippen molar-refractivity contribution in [2.45, 2.75) is 0 Å². The molecule has 50 valence electrons. The molecule has 0 bridgehead atoms. The fourth-order valence-corrected chi connectivity index (χ4v) is 0.183. The van der Waals surface area contributed by atoms with E-state index < -0.39 is 0 Å². The number of hydrogen-bond acceptors (Lipinski definition) is 3. The van der Waals surface area contributed by atoms with E-state index in [-0.39, 0.29) is 12.2 Å². The third-order valence-corrected chi connectivity index (χ3v) is 0.540. The quantitative estimate of drug-likeness (QED) is 0.505. The minimum absolute atomic E-state index is 0. The number of nitrogens with zero attached hydrogens (tertiary/aromatic N) is 1. The van der Waals surface area contributed by atoms with E-state index in [1.807, 2.05) is 0 Å². The highest BCUT2D eigenvalue weighted by molar-refractivity contribution is 5.66. The number of ether oxygens (including phenoxy) is 1. The van der Waals surface area contributed by atoms with Crippen LogP contribution in [0.4, 0.5) is 4.79 Å². The second kappa shape index (κ2) is 4.39. The Morgan fingerprint density at radius 2 is 1.88 bits per heavy atom. The second-order valence-corrected chi connectivity index (χ2v) is 1.36. The van der Waals surface area contributed by atoms with E-state index in [1.165, 1.54) is 12.0 Å². The van der Waals surface area contributed by atoms with Crippen LogP contribution in [0.5, 0.6) is 0 Å². The van der Waals surface area contributed by atoms with E-state index in [0.29, 0.717) is 0 Å². The maximum absolute atomic E-state index is 10.2. The summed E-state index contributed by atoms with van der Waals surface area (Å²) >= 11 is 0. The normalized spacial score (nSPS) is 6.88. The highest BCUT2D eigenvalue weighted by atomic mass is 16.5. The number of rotatable bonds is 0. The molecule has 0 unspecified atom stereocenters. The summed E-state index contributed by atoms with van der Waals surface area (Å²) in [4.78, 5) is 11.6. The monoisotopic (exact) mass is 120 g/mol. The maximum Gasteiger partial charge on any atom is 0.408 e. The molecule has 0 rings (SSSR count). The van der Waals surface area contributed by atoms with Gasteiger partial charge in [0.05, 0.1) is 7.11 Å². The van der Waals surface area contributed by atoms with Crippen LogP contribution < -0.4 is 6.15 Å². The molecule has 0 aliphatic heterocycles. The molecule has 0 aromatic heterocycles. The van der Waals surface area contributed by atoms with Crippen molar-refractivity contribution in [1.29, 1.82) is 0 Å². The van der Waals surface area contributed by atoms with E-state index in [2.05, 4.69) is 4.74 Å². The summed E-state index contributed by atoms with van der Waals surface area (Å²) in [6.07, 6.45) is -0.319. The predicted molar refractivity (Wildman–Crippen MR) is 31.1 cm³/mol. The highest BCUT2D eigenvalue weighted by Gasteiger charge is 1.97. The fourth-order valence-electron chi connectivity index (χ4n) is 0.183. The Balaban J connectivity index is 0. The van der Waals surface area contributed by atoms with Crippen molar-refractivity contribution in [3.63, 3.8) is 0 Å². The molecule has 1 amide bonds. The Hall–Kier alpha value is -0.770.